The normalized spacial score (nSPS) is 20.1. The second kappa shape index (κ2) is 11.7. The van der Waals surface area contributed by atoms with Crippen molar-refractivity contribution < 1.29 is 9.47 Å². The van der Waals surface area contributed by atoms with Crippen LogP contribution in [-0.2, 0) is 9.47 Å². The van der Waals surface area contributed by atoms with Crippen molar-refractivity contribution in [3.63, 3.8) is 0 Å². The zero-order chi connectivity index (χ0) is 16.2. The number of ether oxygens (including phenoxy) is 2. The SMILES string of the molecule is C/C(=C\CC/C(C)=C/COC1CCCCO1)CCC=[13C]([13CH3])[13CH3]. The van der Waals surface area contributed by atoms with Gasteiger partial charge in [0.1, 0.15) is 0 Å². The largest absolute Gasteiger partial charge is 0.353 e. The summed E-state index contributed by atoms with van der Waals surface area (Å²) in [6.07, 6.45) is 14.9. The zero-order valence-electron chi connectivity index (χ0n) is 15.0. The van der Waals surface area contributed by atoms with Gasteiger partial charge in [0.25, 0.3) is 0 Å². The molecule has 0 bridgehead atoms. The Labute approximate surface area is 137 Å². The minimum Gasteiger partial charge on any atom is -0.353 e. The number of allylic oxidation sites excluding steroid dienone is 5. The Morgan fingerprint density at radius 2 is 1.64 bits per heavy atom. The van der Waals surface area contributed by atoms with Crippen molar-refractivity contribution in [1.29, 1.82) is 0 Å². The van der Waals surface area contributed by atoms with E-state index in [1.54, 1.807) is 0 Å². The molecule has 0 N–H and O–H groups in total. The summed E-state index contributed by atoms with van der Waals surface area (Å²) in [6.45, 7) is 10.3. The maximum Gasteiger partial charge on any atom is 0.157 e. The molecule has 1 atom stereocenters. The van der Waals surface area contributed by atoms with Gasteiger partial charge < -0.3 is 9.47 Å². The van der Waals surface area contributed by atoms with Crippen molar-refractivity contribution in [3.8, 4) is 0 Å². The first kappa shape index (κ1) is 19.2. The highest BCUT2D eigenvalue weighted by atomic mass is 16.7. The van der Waals surface area contributed by atoms with Gasteiger partial charge in [0, 0.05) is 6.61 Å². The lowest BCUT2D eigenvalue weighted by Crippen LogP contribution is -2.22. The van der Waals surface area contributed by atoms with E-state index in [1.807, 2.05) is 0 Å². The lowest BCUT2D eigenvalue weighted by Gasteiger charge is -2.22. The van der Waals surface area contributed by atoms with E-state index >= 15 is 0 Å². The molecule has 0 aromatic carbocycles. The van der Waals surface area contributed by atoms with Gasteiger partial charge in [0.05, 0.1) is 6.61 Å². The van der Waals surface area contributed by atoms with Crippen LogP contribution in [0.15, 0.2) is 34.9 Å². The summed E-state index contributed by atoms with van der Waals surface area (Å²) in [6, 6.07) is 0. The predicted molar refractivity (Wildman–Crippen MR) is 95.0 cm³/mol. The van der Waals surface area contributed by atoms with E-state index in [1.165, 1.54) is 36.0 Å². The van der Waals surface area contributed by atoms with Gasteiger partial charge in [-0.1, -0.05) is 34.9 Å². The van der Waals surface area contributed by atoms with Crippen LogP contribution >= 0.6 is 0 Å². The third-order valence-electron chi connectivity index (χ3n) is 3.97. The average molecular weight is 309 g/mol. The molecule has 22 heavy (non-hydrogen) atoms. The van der Waals surface area contributed by atoms with Crippen LogP contribution in [0, 0.1) is 0 Å². The molecular weight excluding hydrogens is 275 g/mol. The number of rotatable bonds is 9. The molecule has 1 rings (SSSR count). The van der Waals surface area contributed by atoms with E-state index in [4.69, 9.17) is 9.47 Å². The van der Waals surface area contributed by atoms with E-state index in [0.29, 0.717) is 6.61 Å². The molecule has 1 heterocycles. The molecule has 0 spiro atoms. The fourth-order valence-corrected chi connectivity index (χ4v) is 2.48. The van der Waals surface area contributed by atoms with Crippen LogP contribution in [0.2, 0.25) is 0 Å². The van der Waals surface area contributed by atoms with Gasteiger partial charge >= 0.3 is 0 Å². The molecule has 0 aromatic heterocycles. The standard InChI is InChI=1S/C20H34O2/c1-17(2)9-7-10-18(3)11-8-12-19(4)14-16-22-20-13-5-6-15-21-20/h9,11,14,20H,5-8,10,12-13,15-16H2,1-4H3/b18-11+,19-14+/i1+1,2+1,17+1. The Morgan fingerprint density at radius 1 is 0.955 bits per heavy atom. The van der Waals surface area contributed by atoms with Crippen molar-refractivity contribution in [2.24, 2.45) is 0 Å². The Bertz CT molecular complexity index is 381. The van der Waals surface area contributed by atoms with Gasteiger partial charge in [-0.05, 0) is 72.6 Å². The van der Waals surface area contributed by atoms with Gasteiger partial charge in [-0.25, -0.2) is 0 Å². The number of hydrogen-bond donors (Lipinski definition) is 0. The first-order chi connectivity index (χ1) is 10.6. The molecule has 126 valence electrons. The molecular formula is C20H34O2. The Morgan fingerprint density at radius 3 is 2.27 bits per heavy atom. The summed E-state index contributed by atoms with van der Waals surface area (Å²) in [5, 5.41) is 0. The summed E-state index contributed by atoms with van der Waals surface area (Å²) >= 11 is 0. The van der Waals surface area contributed by atoms with Crippen LogP contribution in [0.4, 0.5) is 0 Å². The molecule has 0 amide bonds. The maximum absolute atomic E-state index is 5.74. The molecule has 1 unspecified atom stereocenters. The molecule has 0 radical (unpaired) electrons. The predicted octanol–water partition coefficient (Wildman–Crippen LogP) is 5.95. The lowest BCUT2D eigenvalue weighted by molar-refractivity contribution is -0.155. The van der Waals surface area contributed by atoms with E-state index in [2.05, 4.69) is 45.9 Å². The first-order valence-electron chi connectivity index (χ1n) is 8.75. The van der Waals surface area contributed by atoms with Gasteiger partial charge in [0.15, 0.2) is 6.29 Å². The van der Waals surface area contributed by atoms with Crippen molar-refractivity contribution >= 4 is 0 Å². The Balaban J connectivity index is 2.14. The van der Waals surface area contributed by atoms with Gasteiger partial charge in [0.2, 0.25) is 0 Å². The second-order valence-corrected chi connectivity index (χ2v) is 6.59. The summed E-state index contributed by atoms with van der Waals surface area (Å²) in [4.78, 5) is 0. The monoisotopic (exact) mass is 309 g/mol. The number of hydrogen-bond acceptors (Lipinski definition) is 2. The third kappa shape index (κ3) is 9.97. The molecule has 1 saturated heterocycles. The summed E-state index contributed by atoms with van der Waals surface area (Å²) in [7, 11) is 0. The van der Waals surface area contributed by atoms with Gasteiger partial charge in [-0.3, -0.25) is 0 Å². The summed E-state index contributed by atoms with van der Waals surface area (Å²) in [5.41, 5.74) is 4.31. The fraction of sp³-hybridized carbons (Fsp3) is 0.700. The van der Waals surface area contributed by atoms with Crippen LogP contribution < -0.4 is 0 Å². The summed E-state index contributed by atoms with van der Waals surface area (Å²) in [5.74, 6) is 0. The highest BCUT2D eigenvalue weighted by Crippen LogP contribution is 2.14. The molecule has 1 fully saturated rings. The van der Waals surface area contributed by atoms with Crippen LogP contribution in [0.25, 0.3) is 0 Å². The minimum atomic E-state index is 0.0232. The molecule has 0 saturated carbocycles. The Kier molecular flexibility index (Phi) is 10.2. The van der Waals surface area contributed by atoms with Crippen LogP contribution in [0.5, 0.6) is 0 Å². The topological polar surface area (TPSA) is 18.5 Å². The highest BCUT2D eigenvalue weighted by Gasteiger charge is 2.12. The van der Waals surface area contributed by atoms with Crippen molar-refractivity contribution in [1.82, 2.24) is 0 Å². The molecule has 1 aliphatic rings. The zero-order valence-corrected chi connectivity index (χ0v) is 15.0. The van der Waals surface area contributed by atoms with Crippen LogP contribution in [0.1, 0.15) is 72.6 Å². The smallest absolute Gasteiger partial charge is 0.157 e. The van der Waals surface area contributed by atoms with E-state index in [9.17, 15) is 0 Å². The lowest BCUT2D eigenvalue weighted by atomic mass is 10.1. The van der Waals surface area contributed by atoms with E-state index in [0.717, 1.165) is 32.3 Å². The van der Waals surface area contributed by atoms with Crippen molar-refractivity contribution in [2.75, 3.05) is 13.2 Å². The second-order valence-electron chi connectivity index (χ2n) is 6.59. The van der Waals surface area contributed by atoms with Crippen LogP contribution in [0.3, 0.4) is 0 Å². The van der Waals surface area contributed by atoms with E-state index in [-0.39, 0.29) is 6.29 Å². The molecule has 1 aliphatic heterocycles. The average Bonchev–Trinajstić information content (AvgIpc) is 2.48. The fourth-order valence-electron chi connectivity index (χ4n) is 2.48. The van der Waals surface area contributed by atoms with Crippen LogP contribution in [-0.4, -0.2) is 19.5 Å². The van der Waals surface area contributed by atoms with Gasteiger partial charge in [-0.2, -0.15) is 0 Å². The third-order valence-corrected chi connectivity index (χ3v) is 3.97. The quantitative estimate of drug-likeness (QED) is 0.387. The summed E-state index contributed by atoms with van der Waals surface area (Å²) < 4.78 is 11.3. The van der Waals surface area contributed by atoms with Crippen molar-refractivity contribution in [2.45, 2.75) is 78.9 Å². The first-order valence-corrected chi connectivity index (χ1v) is 8.75. The molecule has 2 heteroatoms. The minimum absolute atomic E-state index is 0.0232. The van der Waals surface area contributed by atoms with Gasteiger partial charge in [-0.15, -0.1) is 0 Å². The van der Waals surface area contributed by atoms with E-state index < -0.39 is 0 Å². The van der Waals surface area contributed by atoms with Crippen molar-refractivity contribution in [3.05, 3.63) is 34.9 Å². The molecule has 2 nitrogen and oxygen atoms in total. The highest BCUT2D eigenvalue weighted by molar-refractivity contribution is 5.05. The molecule has 0 aromatic rings. The Hall–Kier alpha value is -0.860. The maximum atomic E-state index is 5.74. The molecule has 0 aliphatic carbocycles.